The molecule has 0 radical (unpaired) electrons. The summed E-state index contributed by atoms with van der Waals surface area (Å²) >= 11 is 0. The van der Waals surface area contributed by atoms with Crippen molar-refractivity contribution in [1.82, 2.24) is 10.2 Å². The van der Waals surface area contributed by atoms with Crippen molar-refractivity contribution >= 4 is 23.5 Å². The number of carbonyl (C=O) groups is 3. The molecule has 2 aromatic rings. The number of phenolic OH excluding ortho intramolecular Hbond substituents is 1. The second kappa shape index (κ2) is 11.5. The number of rotatable bonds is 11. The molecule has 10 heteroatoms. The fraction of sp³-hybridized carbons (Fsp3) is 0.429. The predicted octanol–water partition coefficient (Wildman–Crippen LogP) is 3.72. The highest BCUT2D eigenvalue weighted by Crippen LogP contribution is 2.39. The van der Waals surface area contributed by atoms with Gasteiger partial charge in [-0.1, -0.05) is 20.8 Å². The summed E-state index contributed by atoms with van der Waals surface area (Å²) in [5, 5.41) is 30.9. The van der Waals surface area contributed by atoms with Crippen LogP contribution < -0.4 is 14.8 Å². The van der Waals surface area contributed by atoms with E-state index in [1.165, 1.54) is 13.1 Å². The number of carboxylic acid groups (broad SMARTS) is 1. The maximum Gasteiger partial charge on any atom is 0.303 e. The zero-order chi connectivity index (χ0) is 28.2. The summed E-state index contributed by atoms with van der Waals surface area (Å²) < 4.78 is 11.3. The maximum absolute atomic E-state index is 13.4. The van der Waals surface area contributed by atoms with Crippen LogP contribution in [0.3, 0.4) is 0 Å². The van der Waals surface area contributed by atoms with Crippen molar-refractivity contribution in [3.8, 4) is 17.2 Å². The van der Waals surface area contributed by atoms with Gasteiger partial charge in [0.25, 0.3) is 5.91 Å². The summed E-state index contributed by atoms with van der Waals surface area (Å²) in [6.07, 6.45) is 0.179. The van der Waals surface area contributed by atoms with E-state index in [4.69, 9.17) is 20.0 Å². The van der Waals surface area contributed by atoms with E-state index in [0.717, 1.165) is 5.56 Å². The number of hydrogen-bond donors (Lipinski definition) is 4. The highest BCUT2D eigenvalue weighted by atomic mass is 16.5. The predicted molar refractivity (Wildman–Crippen MR) is 142 cm³/mol. The molecule has 0 aliphatic carbocycles. The van der Waals surface area contributed by atoms with Gasteiger partial charge in [-0.2, -0.15) is 0 Å². The Morgan fingerprint density at radius 3 is 2.42 bits per heavy atom. The second-order valence-corrected chi connectivity index (χ2v) is 10.1. The van der Waals surface area contributed by atoms with Gasteiger partial charge >= 0.3 is 5.97 Å². The Labute approximate surface area is 222 Å². The van der Waals surface area contributed by atoms with Crippen molar-refractivity contribution < 1.29 is 34.1 Å². The van der Waals surface area contributed by atoms with E-state index in [2.05, 4.69) is 5.32 Å². The van der Waals surface area contributed by atoms with Gasteiger partial charge in [0, 0.05) is 36.7 Å². The molecule has 1 amide bonds. The van der Waals surface area contributed by atoms with Crippen LogP contribution in [0.1, 0.15) is 77.9 Å². The van der Waals surface area contributed by atoms with Crippen molar-refractivity contribution in [2.24, 2.45) is 0 Å². The molecule has 0 aromatic heterocycles. The minimum absolute atomic E-state index is 0.0724. The Morgan fingerprint density at radius 1 is 1.11 bits per heavy atom. The highest BCUT2D eigenvalue weighted by Gasteiger charge is 2.30. The molecule has 204 valence electrons. The second-order valence-electron chi connectivity index (χ2n) is 10.1. The smallest absolute Gasteiger partial charge is 0.303 e. The molecule has 1 aliphatic heterocycles. The fourth-order valence-corrected chi connectivity index (χ4v) is 4.27. The summed E-state index contributed by atoms with van der Waals surface area (Å²) in [6, 6.07) is 6.44. The lowest BCUT2D eigenvalue weighted by atomic mass is 9.84. The monoisotopic (exact) mass is 525 g/mol. The van der Waals surface area contributed by atoms with Crippen LogP contribution in [0.4, 0.5) is 0 Å². The quantitative estimate of drug-likeness (QED) is 0.256. The van der Waals surface area contributed by atoms with Gasteiger partial charge in [0.2, 0.25) is 0 Å². The molecule has 3 rings (SSSR count). The number of nitrogens with zero attached hydrogens (tertiary/aromatic N) is 1. The highest BCUT2D eigenvalue weighted by molar-refractivity contribution is 6.07. The number of nitrogens with one attached hydrogen (secondary N) is 2. The molecule has 10 nitrogen and oxygen atoms in total. The first-order valence-corrected chi connectivity index (χ1v) is 12.5. The number of benzene rings is 2. The average molecular weight is 526 g/mol. The van der Waals surface area contributed by atoms with Crippen LogP contribution >= 0.6 is 0 Å². The lowest BCUT2D eigenvalue weighted by Crippen LogP contribution is -2.30. The van der Waals surface area contributed by atoms with Gasteiger partial charge in [-0.15, -0.1) is 0 Å². The van der Waals surface area contributed by atoms with Crippen molar-refractivity contribution in [2.75, 3.05) is 26.8 Å². The van der Waals surface area contributed by atoms with Crippen LogP contribution in [0.25, 0.3) is 0 Å². The van der Waals surface area contributed by atoms with Gasteiger partial charge < -0.3 is 29.9 Å². The van der Waals surface area contributed by atoms with E-state index in [9.17, 15) is 19.5 Å². The first kappa shape index (κ1) is 28.5. The molecule has 0 saturated carbocycles. The molecular formula is C28H35N3O7. The lowest BCUT2D eigenvalue weighted by Gasteiger charge is -2.24. The van der Waals surface area contributed by atoms with Crippen LogP contribution in [-0.4, -0.2) is 65.4 Å². The largest absolute Gasteiger partial charge is 0.504 e. The standard InChI is InChI=1S/C28H35N3O7/c1-6-37-22-12-17-14-31(26(29)18(17)13-19(22)27(36)30-5)15-21(32)16-10-20(28(2,3)4)25(35)23(11-16)38-9-7-8-24(33)34/h10-13,29,35H,6-9,14-15H2,1-5H3,(H,30,36)(H,33,34). The van der Waals surface area contributed by atoms with Gasteiger partial charge in [0.05, 0.1) is 25.3 Å². The summed E-state index contributed by atoms with van der Waals surface area (Å²) in [5.74, 6) is -0.972. The topological polar surface area (TPSA) is 149 Å². The number of ketones is 1. The third kappa shape index (κ3) is 6.24. The van der Waals surface area contributed by atoms with Crippen LogP contribution in [-0.2, 0) is 16.8 Å². The number of amidine groups is 1. The van der Waals surface area contributed by atoms with Gasteiger partial charge in [0.15, 0.2) is 17.3 Å². The first-order chi connectivity index (χ1) is 17.9. The Kier molecular flexibility index (Phi) is 8.65. The van der Waals surface area contributed by atoms with Crippen LogP contribution in [0.5, 0.6) is 17.2 Å². The number of ether oxygens (including phenoxy) is 2. The molecule has 0 saturated heterocycles. The Hall–Kier alpha value is -4.08. The summed E-state index contributed by atoms with van der Waals surface area (Å²) in [7, 11) is 1.52. The van der Waals surface area contributed by atoms with E-state index in [0.29, 0.717) is 41.2 Å². The fourth-order valence-electron chi connectivity index (χ4n) is 4.27. The summed E-state index contributed by atoms with van der Waals surface area (Å²) in [6.45, 7) is 8.17. The third-order valence-corrected chi connectivity index (χ3v) is 6.24. The zero-order valence-corrected chi connectivity index (χ0v) is 22.4. The molecule has 0 fully saturated rings. The molecule has 0 bridgehead atoms. The Morgan fingerprint density at radius 2 is 1.82 bits per heavy atom. The third-order valence-electron chi connectivity index (χ3n) is 6.24. The zero-order valence-electron chi connectivity index (χ0n) is 22.4. The van der Waals surface area contributed by atoms with E-state index >= 15 is 0 Å². The first-order valence-electron chi connectivity index (χ1n) is 12.5. The number of carbonyl (C=O) groups excluding carboxylic acids is 2. The number of phenols is 1. The molecule has 0 atom stereocenters. The number of aromatic hydroxyl groups is 1. The molecular weight excluding hydrogens is 490 g/mol. The van der Waals surface area contributed by atoms with Gasteiger partial charge in [0.1, 0.15) is 11.6 Å². The van der Waals surface area contributed by atoms with Crippen molar-refractivity contribution in [1.29, 1.82) is 5.41 Å². The summed E-state index contributed by atoms with van der Waals surface area (Å²) in [4.78, 5) is 38.2. The number of carboxylic acids is 1. The Balaban J connectivity index is 1.87. The van der Waals surface area contributed by atoms with Gasteiger partial charge in [-0.05, 0) is 48.6 Å². The molecule has 1 heterocycles. The maximum atomic E-state index is 13.4. The minimum atomic E-state index is -0.943. The number of hydrogen-bond acceptors (Lipinski definition) is 7. The van der Waals surface area contributed by atoms with E-state index in [1.807, 2.05) is 27.7 Å². The molecule has 0 spiro atoms. The number of Topliss-reactive ketones (excluding diaryl/α,β-unsaturated/α-hetero) is 1. The SMILES string of the molecule is CCOc1cc2c(cc1C(=O)NC)C(=N)N(CC(=O)c1cc(OCCCC(=O)O)c(O)c(C(C)(C)C)c1)C2. The molecule has 0 unspecified atom stereocenters. The normalized spacial score (nSPS) is 12.8. The lowest BCUT2D eigenvalue weighted by molar-refractivity contribution is -0.137. The van der Waals surface area contributed by atoms with Crippen LogP contribution in [0, 0.1) is 5.41 Å². The van der Waals surface area contributed by atoms with Gasteiger partial charge in [-0.25, -0.2) is 0 Å². The number of amides is 1. The number of aliphatic carboxylic acids is 1. The van der Waals surface area contributed by atoms with E-state index in [-0.39, 0.29) is 55.0 Å². The molecule has 1 aliphatic rings. The van der Waals surface area contributed by atoms with Crippen LogP contribution in [0.15, 0.2) is 24.3 Å². The minimum Gasteiger partial charge on any atom is -0.504 e. The summed E-state index contributed by atoms with van der Waals surface area (Å²) in [5.41, 5.74) is 2.00. The Bertz CT molecular complexity index is 1260. The molecule has 38 heavy (non-hydrogen) atoms. The van der Waals surface area contributed by atoms with E-state index in [1.54, 1.807) is 23.1 Å². The van der Waals surface area contributed by atoms with Crippen molar-refractivity contribution in [3.05, 3.63) is 52.1 Å². The van der Waals surface area contributed by atoms with Crippen molar-refractivity contribution in [2.45, 2.75) is 52.5 Å². The van der Waals surface area contributed by atoms with E-state index < -0.39 is 11.4 Å². The van der Waals surface area contributed by atoms with Gasteiger partial charge in [-0.3, -0.25) is 19.8 Å². The van der Waals surface area contributed by atoms with Crippen molar-refractivity contribution in [3.63, 3.8) is 0 Å². The van der Waals surface area contributed by atoms with Crippen LogP contribution in [0.2, 0.25) is 0 Å². The molecule has 2 aromatic carbocycles. The number of fused-ring (bicyclic) bond motifs is 1. The molecule has 4 N–H and O–H groups in total. The average Bonchev–Trinajstić information content (AvgIpc) is 3.14.